The zero-order chi connectivity index (χ0) is 11.7. The molecule has 3 nitrogen and oxygen atoms in total. The van der Waals surface area contributed by atoms with Gasteiger partial charge in [-0.25, -0.2) is 0 Å². The standard InChI is InChI=1S/C12H18N2OS/c1-4-14-11(9-5-6-16-7-9)13-10(8(2)3)12(14)15/h5-8,10-11,13H,4H2,1-3H3. The first-order valence-corrected chi connectivity index (χ1v) is 6.68. The lowest BCUT2D eigenvalue weighted by atomic mass is 10.1. The number of carbonyl (C=O) groups is 1. The second-order valence-electron chi connectivity index (χ2n) is 4.47. The van der Waals surface area contributed by atoms with E-state index in [0.29, 0.717) is 5.92 Å². The zero-order valence-corrected chi connectivity index (χ0v) is 10.8. The van der Waals surface area contributed by atoms with Gasteiger partial charge in [-0.05, 0) is 35.2 Å². The Balaban J connectivity index is 2.24. The lowest BCUT2D eigenvalue weighted by molar-refractivity contribution is -0.130. The van der Waals surface area contributed by atoms with Crippen molar-refractivity contribution >= 4 is 17.2 Å². The summed E-state index contributed by atoms with van der Waals surface area (Å²) in [5, 5.41) is 7.59. The van der Waals surface area contributed by atoms with E-state index < -0.39 is 0 Å². The summed E-state index contributed by atoms with van der Waals surface area (Å²) in [4.78, 5) is 14.1. The Morgan fingerprint density at radius 3 is 2.81 bits per heavy atom. The maximum Gasteiger partial charge on any atom is 0.241 e. The van der Waals surface area contributed by atoms with Crippen molar-refractivity contribution in [2.24, 2.45) is 5.92 Å². The molecule has 1 saturated heterocycles. The van der Waals surface area contributed by atoms with Crippen molar-refractivity contribution in [1.82, 2.24) is 10.2 Å². The number of carbonyl (C=O) groups excluding carboxylic acids is 1. The Bertz CT molecular complexity index is 361. The molecular formula is C12H18N2OS. The summed E-state index contributed by atoms with van der Waals surface area (Å²) >= 11 is 1.67. The van der Waals surface area contributed by atoms with Crippen LogP contribution in [0.4, 0.5) is 0 Å². The van der Waals surface area contributed by atoms with Crippen molar-refractivity contribution in [1.29, 1.82) is 0 Å². The van der Waals surface area contributed by atoms with Crippen LogP contribution < -0.4 is 5.32 Å². The molecule has 2 rings (SSSR count). The number of likely N-dealkylation sites (N-methyl/N-ethyl adjacent to an activating group) is 1. The number of nitrogens with one attached hydrogen (secondary N) is 1. The largest absolute Gasteiger partial charge is 0.322 e. The smallest absolute Gasteiger partial charge is 0.241 e. The van der Waals surface area contributed by atoms with Crippen LogP contribution in [0.5, 0.6) is 0 Å². The molecule has 16 heavy (non-hydrogen) atoms. The molecule has 1 aromatic rings. The van der Waals surface area contributed by atoms with Gasteiger partial charge in [-0.15, -0.1) is 0 Å². The molecule has 1 aliphatic heterocycles. The molecule has 0 radical (unpaired) electrons. The maximum absolute atomic E-state index is 12.2. The number of thiophene rings is 1. The predicted molar refractivity (Wildman–Crippen MR) is 66.2 cm³/mol. The van der Waals surface area contributed by atoms with E-state index in [4.69, 9.17) is 0 Å². The van der Waals surface area contributed by atoms with Crippen LogP contribution in [-0.4, -0.2) is 23.4 Å². The third-order valence-corrected chi connectivity index (χ3v) is 3.77. The van der Waals surface area contributed by atoms with Gasteiger partial charge in [0.1, 0.15) is 6.17 Å². The Labute approximate surface area is 100 Å². The molecule has 0 bridgehead atoms. The molecule has 1 N–H and O–H groups in total. The van der Waals surface area contributed by atoms with Crippen LogP contribution in [0.1, 0.15) is 32.5 Å². The highest BCUT2D eigenvalue weighted by Gasteiger charge is 2.40. The minimum absolute atomic E-state index is 0.0372. The van der Waals surface area contributed by atoms with Gasteiger partial charge in [0.15, 0.2) is 0 Å². The van der Waals surface area contributed by atoms with Crippen molar-refractivity contribution in [2.45, 2.75) is 33.0 Å². The molecule has 1 aliphatic rings. The predicted octanol–water partition coefficient (Wildman–Crippen LogP) is 2.22. The fourth-order valence-corrected chi connectivity index (χ4v) is 2.84. The average molecular weight is 238 g/mol. The van der Waals surface area contributed by atoms with E-state index in [2.05, 4.69) is 36.0 Å². The molecule has 2 heterocycles. The molecule has 0 saturated carbocycles. The summed E-state index contributed by atoms with van der Waals surface area (Å²) in [5.74, 6) is 0.568. The van der Waals surface area contributed by atoms with Crippen LogP contribution in [0.2, 0.25) is 0 Å². The SMILES string of the molecule is CCN1C(=O)C(C(C)C)NC1c1ccsc1. The van der Waals surface area contributed by atoms with E-state index in [9.17, 15) is 4.79 Å². The Hall–Kier alpha value is -0.870. The lowest BCUT2D eigenvalue weighted by Gasteiger charge is -2.21. The molecule has 0 aromatic carbocycles. The van der Waals surface area contributed by atoms with Gasteiger partial charge in [-0.1, -0.05) is 13.8 Å². The van der Waals surface area contributed by atoms with Crippen LogP contribution in [0, 0.1) is 5.92 Å². The highest BCUT2D eigenvalue weighted by atomic mass is 32.1. The minimum atomic E-state index is -0.0372. The van der Waals surface area contributed by atoms with Crippen molar-refractivity contribution in [3.63, 3.8) is 0 Å². The van der Waals surface area contributed by atoms with Gasteiger partial charge in [0.05, 0.1) is 6.04 Å². The normalized spacial score (nSPS) is 25.8. The van der Waals surface area contributed by atoms with Crippen LogP contribution in [0.15, 0.2) is 16.8 Å². The van der Waals surface area contributed by atoms with E-state index >= 15 is 0 Å². The minimum Gasteiger partial charge on any atom is -0.322 e. The van der Waals surface area contributed by atoms with Crippen molar-refractivity contribution in [3.05, 3.63) is 22.4 Å². The zero-order valence-electron chi connectivity index (χ0n) is 9.93. The quantitative estimate of drug-likeness (QED) is 0.875. The Morgan fingerprint density at radius 1 is 1.56 bits per heavy atom. The van der Waals surface area contributed by atoms with Gasteiger partial charge >= 0.3 is 0 Å². The topological polar surface area (TPSA) is 32.3 Å². The first-order chi connectivity index (χ1) is 7.65. The second kappa shape index (κ2) is 4.55. The second-order valence-corrected chi connectivity index (χ2v) is 5.25. The highest BCUT2D eigenvalue weighted by molar-refractivity contribution is 7.07. The fourth-order valence-electron chi connectivity index (χ4n) is 2.16. The van der Waals surface area contributed by atoms with Crippen LogP contribution in [0.3, 0.4) is 0 Å². The Morgan fingerprint density at radius 2 is 2.31 bits per heavy atom. The summed E-state index contributed by atoms with van der Waals surface area (Å²) < 4.78 is 0. The molecule has 2 unspecified atom stereocenters. The monoisotopic (exact) mass is 238 g/mol. The molecule has 0 spiro atoms. The number of amides is 1. The molecule has 1 amide bonds. The number of rotatable bonds is 3. The summed E-state index contributed by atoms with van der Waals surface area (Å²) in [5.41, 5.74) is 1.20. The fraction of sp³-hybridized carbons (Fsp3) is 0.583. The summed E-state index contributed by atoms with van der Waals surface area (Å²) in [6.07, 6.45) is 0.0659. The molecule has 0 aliphatic carbocycles. The number of hydrogen-bond acceptors (Lipinski definition) is 3. The van der Waals surface area contributed by atoms with Gasteiger partial charge in [-0.3, -0.25) is 10.1 Å². The lowest BCUT2D eigenvalue weighted by Crippen LogP contribution is -2.34. The van der Waals surface area contributed by atoms with E-state index in [1.54, 1.807) is 11.3 Å². The molecule has 88 valence electrons. The molecule has 2 atom stereocenters. The van der Waals surface area contributed by atoms with Crippen LogP contribution >= 0.6 is 11.3 Å². The third-order valence-electron chi connectivity index (χ3n) is 3.06. The molecule has 4 heteroatoms. The highest BCUT2D eigenvalue weighted by Crippen LogP contribution is 2.28. The van der Waals surface area contributed by atoms with E-state index in [1.165, 1.54) is 5.56 Å². The maximum atomic E-state index is 12.2. The molecular weight excluding hydrogens is 220 g/mol. The van der Waals surface area contributed by atoms with Gasteiger partial charge in [0.2, 0.25) is 5.91 Å². The van der Waals surface area contributed by atoms with Crippen molar-refractivity contribution < 1.29 is 4.79 Å². The van der Waals surface area contributed by atoms with E-state index in [-0.39, 0.29) is 18.1 Å². The number of nitrogens with zero attached hydrogens (tertiary/aromatic N) is 1. The van der Waals surface area contributed by atoms with Crippen molar-refractivity contribution in [3.8, 4) is 0 Å². The first-order valence-electron chi connectivity index (χ1n) is 5.73. The Kier molecular flexibility index (Phi) is 3.30. The van der Waals surface area contributed by atoms with E-state index in [0.717, 1.165) is 6.54 Å². The third kappa shape index (κ3) is 1.87. The molecule has 1 fully saturated rings. The average Bonchev–Trinajstić information content (AvgIpc) is 2.83. The first kappa shape index (κ1) is 11.6. The van der Waals surface area contributed by atoms with Crippen molar-refractivity contribution in [2.75, 3.05) is 6.54 Å². The van der Waals surface area contributed by atoms with Gasteiger partial charge in [-0.2, -0.15) is 11.3 Å². The summed E-state index contributed by atoms with van der Waals surface area (Å²) in [6, 6.07) is 2.05. The summed E-state index contributed by atoms with van der Waals surface area (Å²) in [7, 11) is 0. The van der Waals surface area contributed by atoms with E-state index in [1.807, 2.05) is 11.8 Å². The number of hydrogen-bond donors (Lipinski definition) is 1. The van der Waals surface area contributed by atoms with Gasteiger partial charge < -0.3 is 4.90 Å². The van der Waals surface area contributed by atoms with Crippen LogP contribution in [-0.2, 0) is 4.79 Å². The van der Waals surface area contributed by atoms with Gasteiger partial charge in [0.25, 0.3) is 0 Å². The van der Waals surface area contributed by atoms with Crippen LogP contribution in [0.25, 0.3) is 0 Å². The van der Waals surface area contributed by atoms with Gasteiger partial charge in [0, 0.05) is 6.54 Å². The summed E-state index contributed by atoms with van der Waals surface area (Å²) in [6.45, 7) is 6.95. The molecule has 1 aromatic heterocycles.